The largest absolute Gasteiger partial charge is 0.485 e. The number of carbonyl (C=O) groups is 1. The topological polar surface area (TPSA) is 107 Å². The van der Waals surface area contributed by atoms with Crippen LogP contribution in [-0.2, 0) is 17.6 Å². The second-order valence-electron chi connectivity index (χ2n) is 6.17. The summed E-state index contributed by atoms with van der Waals surface area (Å²) in [5, 5.41) is 14.0. The van der Waals surface area contributed by atoms with Crippen LogP contribution in [0.15, 0.2) is 48.5 Å². The summed E-state index contributed by atoms with van der Waals surface area (Å²) in [4.78, 5) is 22.7. The van der Waals surface area contributed by atoms with Gasteiger partial charge in [-0.05, 0) is 36.5 Å². The van der Waals surface area contributed by atoms with Crippen molar-refractivity contribution in [2.75, 3.05) is 19.7 Å². The molecule has 1 amide bonds. The van der Waals surface area contributed by atoms with Crippen LogP contribution in [0.25, 0.3) is 0 Å². The van der Waals surface area contributed by atoms with Gasteiger partial charge in [0.25, 0.3) is 0 Å². The summed E-state index contributed by atoms with van der Waals surface area (Å²) in [5.41, 5.74) is 7.05. The van der Waals surface area contributed by atoms with Gasteiger partial charge in [0.05, 0.1) is 11.3 Å². The lowest BCUT2D eigenvalue weighted by Crippen LogP contribution is -2.26. The van der Waals surface area contributed by atoms with Gasteiger partial charge in [0.2, 0.25) is 5.91 Å². The van der Waals surface area contributed by atoms with Gasteiger partial charge >= 0.3 is 5.69 Å². The molecule has 2 aromatic rings. The Morgan fingerprint density at radius 2 is 1.89 bits per heavy atom. The van der Waals surface area contributed by atoms with Gasteiger partial charge in [-0.25, -0.2) is 0 Å². The van der Waals surface area contributed by atoms with Crippen molar-refractivity contribution in [1.82, 2.24) is 5.32 Å². The highest BCUT2D eigenvalue weighted by Gasteiger charge is 2.17. The molecule has 0 unspecified atom stereocenters. The molecule has 0 aliphatic carbocycles. The normalized spacial score (nSPS) is 10.4. The third-order valence-corrected chi connectivity index (χ3v) is 4.02. The predicted octanol–water partition coefficient (Wildman–Crippen LogP) is 2.61. The van der Waals surface area contributed by atoms with Gasteiger partial charge < -0.3 is 15.8 Å². The maximum atomic E-state index is 12.1. The number of nitro benzene ring substituents is 1. The Hall–Kier alpha value is -2.93. The van der Waals surface area contributed by atoms with Crippen LogP contribution in [0.1, 0.15) is 24.0 Å². The quantitative estimate of drug-likeness (QED) is 0.359. The molecule has 0 bridgehead atoms. The molecule has 0 saturated heterocycles. The number of nitrogens with one attached hydrogen (secondary N) is 1. The van der Waals surface area contributed by atoms with Crippen molar-refractivity contribution in [3.05, 3.63) is 69.8 Å². The van der Waals surface area contributed by atoms with E-state index in [1.54, 1.807) is 6.07 Å². The Morgan fingerprint density at radius 3 is 2.59 bits per heavy atom. The summed E-state index contributed by atoms with van der Waals surface area (Å²) < 4.78 is 5.27. The average molecular weight is 371 g/mol. The number of amides is 1. The Balaban J connectivity index is 1.77. The number of ether oxygens (including phenoxy) is 1. The second kappa shape index (κ2) is 10.9. The monoisotopic (exact) mass is 371 g/mol. The fourth-order valence-electron chi connectivity index (χ4n) is 2.68. The van der Waals surface area contributed by atoms with E-state index >= 15 is 0 Å². The van der Waals surface area contributed by atoms with Crippen molar-refractivity contribution >= 4 is 11.6 Å². The highest BCUT2D eigenvalue weighted by Crippen LogP contribution is 2.28. The number of hydrogen-bond donors (Lipinski definition) is 2. The standard InChI is InChI=1S/C20H25N3O4/c21-11-13-27-19-10-9-17(14-18(19)23(25)26)15-20(24)22-12-5-4-8-16-6-2-1-3-7-16/h1-3,6-7,9-10,14H,4-5,8,11-13,15,21H2,(H,22,24). The minimum atomic E-state index is -0.517. The molecule has 3 N–H and O–H groups in total. The summed E-state index contributed by atoms with van der Waals surface area (Å²) in [6, 6.07) is 14.7. The minimum Gasteiger partial charge on any atom is -0.485 e. The predicted molar refractivity (Wildman–Crippen MR) is 104 cm³/mol. The van der Waals surface area contributed by atoms with Crippen molar-refractivity contribution in [1.29, 1.82) is 0 Å². The zero-order chi connectivity index (χ0) is 19.5. The van der Waals surface area contributed by atoms with E-state index in [1.165, 1.54) is 17.7 Å². The van der Waals surface area contributed by atoms with E-state index < -0.39 is 4.92 Å². The van der Waals surface area contributed by atoms with Gasteiger partial charge in [0, 0.05) is 19.2 Å². The highest BCUT2D eigenvalue weighted by atomic mass is 16.6. The number of carbonyl (C=O) groups excluding carboxylic acids is 1. The van der Waals surface area contributed by atoms with Crippen molar-refractivity contribution < 1.29 is 14.5 Å². The van der Waals surface area contributed by atoms with Gasteiger partial charge in [-0.15, -0.1) is 0 Å². The maximum absolute atomic E-state index is 12.1. The number of hydrogen-bond acceptors (Lipinski definition) is 5. The molecule has 0 fully saturated rings. The lowest BCUT2D eigenvalue weighted by atomic mass is 10.1. The molecule has 0 radical (unpaired) electrons. The molecule has 7 heteroatoms. The molecule has 0 atom stereocenters. The number of rotatable bonds is 11. The number of nitrogens with two attached hydrogens (primary N) is 1. The Kier molecular flexibility index (Phi) is 8.25. The summed E-state index contributed by atoms with van der Waals surface area (Å²) >= 11 is 0. The van der Waals surface area contributed by atoms with Crippen molar-refractivity contribution in [3.63, 3.8) is 0 Å². The van der Waals surface area contributed by atoms with Gasteiger partial charge in [0.15, 0.2) is 5.75 Å². The third-order valence-electron chi connectivity index (χ3n) is 4.02. The summed E-state index contributed by atoms with van der Waals surface area (Å²) in [7, 11) is 0. The highest BCUT2D eigenvalue weighted by molar-refractivity contribution is 5.78. The Bertz CT molecular complexity index is 750. The molecule has 27 heavy (non-hydrogen) atoms. The summed E-state index contributed by atoms with van der Waals surface area (Å²) in [6.07, 6.45) is 2.94. The Labute approximate surface area is 158 Å². The molecule has 2 aromatic carbocycles. The van der Waals surface area contributed by atoms with E-state index in [0.29, 0.717) is 12.1 Å². The number of aryl methyl sites for hydroxylation is 1. The van der Waals surface area contributed by atoms with Gasteiger partial charge in [0.1, 0.15) is 6.61 Å². The third kappa shape index (κ3) is 7.07. The SMILES string of the molecule is NCCOc1ccc(CC(=O)NCCCCc2ccccc2)cc1[N+](=O)[O-]. The van der Waals surface area contributed by atoms with Crippen LogP contribution >= 0.6 is 0 Å². The fraction of sp³-hybridized carbons (Fsp3) is 0.350. The maximum Gasteiger partial charge on any atom is 0.311 e. The molecule has 0 heterocycles. The van der Waals surface area contributed by atoms with Gasteiger partial charge in [-0.3, -0.25) is 14.9 Å². The molecule has 0 spiro atoms. The van der Waals surface area contributed by atoms with E-state index in [1.807, 2.05) is 18.2 Å². The number of benzene rings is 2. The van der Waals surface area contributed by atoms with E-state index in [9.17, 15) is 14.9 Å². The van der Waals surface area contributed by atoms with Crippen LogP contribution in [0.5, 0.6) is 5.75 Å². The molecular formula is C20H25N3O4. The van der Waals surface area contributed by atoms with Crippen molar-refractivity contribution in [2.24, 2.45) is 5.73 Å². The van der Waals surface area contributed by atoms with Crippen LogP contribution in [0.4, 0.5) is 5.69 Å². The van der Waals surface area contributed by atoms with Crippen LogP contribution in [0.3, 0.4) is 0 Å². The summed E-state index contributed by atoms with van der Waals surface area (Å²) in [6.45, 7) is 1.06. The van der Waals surface area contributed by atoms with Crippen LogP contribution in [-0.4, -0.2) is 30.5 Å². The first-order valence-electron chi connectivity index (χ1n) is 9.01. The van der Waals surface area contributed by atoms with Gasteiger partial charge in [-0.1, -0.05) is 36.4 Å². The summed E-state index contributed by atoms with van der Waals surface area (Å²) in [5.74, 6) is 0.00940. The zero-order valence-electron chi connectivity index (χ0n) is 15.2. The van der Waals surface area contributed by atoms with Crippen molar-refractivity contribution in [3.8, 4) is 5.75 Å². The molecule has 7 nitrogen and oxygen atoms in total. The first-order chi connectivity index (χ1) is 13.1. The first-order valence-corrected chi connectivity index (χ1v) is 9.01. The average Bonchev–Trinajstić information content (AvgIpc) is 2.67. The minimum absolute atomic E-state index is 0.0939. The number of nitrogens with zero attached hydrogens (tertiary/aromatic N) is 1. The van der Waals surface area contributed by atoms with E-state index in [-0.39, 0.29) is 36.9 Å². The molecule has 0 aliphatic heterocycles. The number of nitro groups is 1. The fourth-order valence-corrected chi connectivity index (χ4v) is 2.68. The van der Waals surface area contributed by atoms with E-state index in [0.717, 1.165) is 19.3 Å². The lowest BCUT2D eigenvalue weighted by Gasteiger charge is -2.08. The molecule has 144 valence electrons. The second-order valence-corrected chi connectivity index (χ2v) is 6.17. The molecule has 0 aliphatic rings. The van der Waals surface area contributed by atoms with Crippen molar-refractivity contribution in [2.45, 2.75) is 25.7 Å². The van der Waals surface area contributed by atoms with Crippen LogP contribution in [0.2, 0.25) is 0 Å². The smallest absolute Gasteiger partial charge is 0.311 e. The van der Waals surface area contributed by atoms with Crippen LogP contribution < -0.4 is 15.8 Å². The molecule has 2 rings (SSSR count). The molecular weight excluding hydrogens is 346 g/mol. The Morgan fingerprint density at radius 1 is 1.11 bits per heavy atom. The van der Waals surface area contributed by atoms with E-state index in [4.69, 9.17) is 10.5 Å². The van der Waals surface area contributed by atoms with E-state index in [2.05, 4.69) is 17.4 Å². The first kappa shape index (κ1) is 20.4. The zero-order valence-corrected chi connectivity index (χ0v) is 15.2. The lowest BCUT2D eigenvalue weighted by molar-refractivity contribution is -0.385. The number of unbranched alkanes of at least 4 members (excludes halogenated alkanes) is 1. The molecule has 0 aromatic heterocycles. The van der Waals surface area contributed by atoms with Crippen LogP contribution in [0, 0.1) is 10.1 Å². The molecule has 0 saturated carbocycles. The van der Waals surface area contributed by atoms with Gasteiger partial charge in [-0.2, -0.15) is 0 Å².